The third-order valence-corrected chi connectivity index (χ3v) is 3.40. The summed E-state index contributed by atoms with van der Waals surface area (Å²) in [5.41, 5.74) is 0.620. The van der Waals surface area contributed by atoms with Gasteiger partial charge in [-0.15, -0.1) is 0 Å². The van der Waals surface area contributed by atoms with Gasteiger partial charge in [0.05, 0.1) is 0 Å². The van der Waals surface area contributed by atoms with Crippen LogP contribution in [0.15, 0.2) is 35.3 Å². The highest BCUT2D eigenvalue weighted by molar-refractivity contribution is 5.97. The Labute approximate surface area is 123 Å². The molecular weight excluding hydrogens is 268 g/mol. The molecule has 0 bridgehead atoms. The summed E-state index contributed by atoms with van der Waals surface area (Å²) < 4.78 is 0. The quantitative estimate of drug-likeness (QED) is 0.680. The lowest BCUT2D eigenvalue weighted by molar-refractivity contribution is 0.0951. The van der Waals surface area contributed by atoms with Crippen molar-refractivity contribution in [2.45, 2.75) is 25.7 Å². The minimum absolute atomic E-state index is 0.143. The monoisotopic (exact) mass is 288 g/mol. The molecule has 0 fully saturated rings. The lowest BCUT2D eigenvalue weighted by Gasteiger charge is -2.05. The number of hydrogen-bond acceptors (Lipinski definition) is 3. The Morgan fingerprint density at radius 3 is 2.71 bits per heavy atom. The van der Waals surface area contributed by atoms with Crippen LogP contribution in [0, 0.1) is 0 Å². The Balaban J connectivity index is 1.97. The van der Waals surface area contributed by atoms with Crippen LogP contribution in [-0.4, -0.2) is 29.1 Å². The minimum atomic E-state index is -0.343. The smallest absolute Gasteiger partial charge is 0.256 e. The fraction of sp³-hybridized carbons (Fsp3) is 0.375. The van der Waals surface area contributed by atoms with E-state index in [2.05, 4.69) is 10.3 Å². The van der Waals surface area contributed by atoms with Gasteiger partial charge in [-0.1, -0.05) is 25.0 Å². The number of aromatic nitrogens is 1. The molecule has 3 N–H and O–H groups in total. The molecule has 5 nitrogen and oxygen atoms in total. The highest BCUT2D eigenvalue weighted by Crippen LogP contribution is 2.07. The average Bonchev–Trinajstić information content (AvgIpc) is 2.51. The summed E-state index contributed by atoms with van der Waals surface area (Å²) in [6, 6.07) is 7.13. The molecule has 0 atom stereocenters. The van der Waals surface area contributed by atoms with Gasteiger partial charge in [-0.2, -0.15) is 0 Å². The molecule has 1 aromatic heterocycles. The van der Waals surface area contributed by atoms with E-state index in [9.17, 15) is 9.59 Å². The number of aliphatic hydroxyl groups excluding tert-OH is 1. The number of unbranched alkanes of at least 4 members (excludes halogenated alkanes) is 3. The summed E-state index contributed by atoms with van der Waals surface area (Å²) in [6.45, 7) is 0.745. The van der Waals surface area contributed by atoms with Gasteiger partial charge < -0.3 is 15.4 Å². The van der Waals surface area contributed by atoms with Crippen molar-refractivity contribution in [1.29, 1.82) is 0 Å². The van der Waals surface area contributed by atoms with Crippen LogP contribution in [0.3, 0.4) is 0 Å². The van der Waals surface area contributed by atoms with Crippen LogP contribution in [0.25, 0.3) is 10.9 Å². The first-order valence-corrected chi connectivity index (χ1v) is 7.23. The summed E-state index contributed by atoms with van der Waals surface area (Å²) in [6.07, 6.45) is 5.00. The third-order valence-electron chi connectivity index (χ3n) is 3.40. The number of aromatic amines is 1. The normalized spacial score (nSPS) is 10.7. The van der Waals surface area contributed by atoms with Crippen LogP contribution >= 0.6 is 0 Å². The van der Waals surface area contributed by atoms with E-state index in [1.807, 2.05) is 6.07 Å². The van der Waals surface area contributed by atoms with Crippen LogP contribution in [0.1, 0.15) is 36.0 Å². The zero-order valence-electron chi connectivity index (χ0n) is 11.9. The topological polar surface area (TPSA) is 82.2 Å². The molecule has 0 saturated heterocycles. The zero-order valence-corrected chi connectivity index (χ0v) is 11.9. The summed E-state index contributed by atoms with van der Waals surface area (Å²) >= 11 is 0. The number of aliphatic hydroxyl groups is 1. The number of carbonyl (C=O) groups excluding carboxylic acids is 1. The maximum absolute atomic E-state index is 12.2. The van der Waals surface area contributed by atoms with Crippen LogP contribution < -0.4 is 10.7 Å². The Morgan fingerprint density at radius 1 is 1.14 bits per heavy atom. The van der Waals surface area contributed by atoms with Crippen LogP contribution in [-0.2, 0) is 0 Å². The molecule has 5 heteroatoms. The SMILES string of the molecule is O=C(NCCCCCCO)c1c[nH]c2ccccc2c1=O. The van der Waals surface area contributed by atoms with Gasteiger partial charge in [0.1, 0.15) is 5.56 Å². The third kappa shape index (κ3) is 3.92. The molecule has 1 aromatic carbocycles. The molecule has 2 aromatic rings. The predicted molar refractivity (Wildman–Crippen MR) is 82.5 cm³/mol. The number of carbonyl (C=O) groups is 1. The van der Waals surface area contributed by atoms with E-state index >= 15 is 0 Å². The van der Waals surface area contributed by atoms with E-state index < -0.39 is 0 Å². The van der Waals surface area contributed by atoms with Gasteiger partial charge >= 0.3 is 0 Å². The number of para-hydroxylation sites is 1. The first-order valence-electron chi connectivity index (χ1n) is 7.23. The van der Waals surface area contributed by atoms with E-state index in [4.69, 9.17) is 5.11 Å². The van der Waals surface area contributed by atoms with Crippen molar-refractivity contribution in [1.82, 2.24) is 10.3 Å². The Bertz CT molecular complexity index is 664. The molecule has 2 rings (SSSR count). The van der Waals surface area contributed by atoms with Crippen molar-refractivity contribution in [2.75, 3.05) is 13.2 Å². The Hall–Kier alpha value is -2.14. The van der Waals surface area contributed by atoms with Crippen LogP contribution in [0.5, 0.6) is 0 Å². The molecule has 21 heavy (non-hydrogen) atoms. The van der Waals surface area contributed by atoms with E-state index in [-0.39, 0.29) is 23.5 Å². The minimum Gasteiger partial charge on any atom is -0.396 e. The lowest BCUT2D eigenvalue weighted by Crippen LogP contribution is -2.29. The fourth-order valence-electron chi connectivity index (χ4n) is 2.22. The molecule has 0 aliphatic carbocycles. The zero-order chi connectivity index (χ0) is 15.1. The summed E-state index contributed by atoms with van der Waals surface area (Å²) in [7, 11) is 0. The first-order chi connectivity index (χ1) is 10.2. The number of benzene rings is 1. The number of H-pyrrole nitrogens is 1. The van der Waals surface area contributed by atoms with E-state index in [0.717, 1.165) is 31.2 Å². The molecule has 0 spiro atoms. The van der Waals surface area contributed by atoms with Gasteiger partial charge in [0.2, 0.25) is 5.43 Å². The second kappa shape index (κ2) is 7.59. The molecule has 1 heterocycles. The number of amides is 1. The van der Waals surface area contributed by atoms with Crippen molar-refractivity contribution in [3.63, 3.8) is 0 Å². The highest BCUT2D eigenvalue weighted by Gasteiger charge is 2.11. The summed E-state index contributed by atoms with van der Waals surface area (Å²) in [4.78, 5) is 27.2. The lowest BCUT2D eigenvalue weighted by atomic mass is 10.1. The van der Waals surface area contributed by atoms with E-state index in [1.54, 1.807) is 18.2 Å². The van der Waals surface area contributed by atoms with Gasteiger partial charge in [-0.3, -0.25) is 9.59 Å². The standard InChI is InChI=1S/C16H20N2O3/c19-10-6-2-1-5-9-17-16(21)13-11-18-14-8-4-3-7-12(14)15(13)20/h3-4,7-8,11,19H,1-2,5-6,9-10H2,(H,17,21)(H,18,20). The highest BCUT2D eigenvalue weighted by atomic mass is 16.2. The number of rotatable bonds is 7. The second-order valence-corrected chi connectivity index (χ2v) is 4.97. The van der Waals surface area contributed by atoms with Gasteiger partial charge in [0, 0.05) is 30.3 Å². The molecule has 0 radical (unpaired) electrons. The second-order valence-electron chi connectivity index (χ2n) is 4.97. The summed E-state index contributed by atoms with van der Waals surface area (Å²) in [5, 5.41) is 12.0. The maximum atomic E-state index is 12.2. The van der Waals surface area contributed by atoms with Gasteiger partial charge in [0.25, 0.3) is 5.91 Å². The number of pyridine rings is 1. The fourth-order valence-corrected chi connectivity index (χ4v) is 2.22. The van der Waals surface area contributed by atoms with Crippen molar-refractivity contribution < 1.29 is 9.90 Å². The van der Waals surface area contributed by atoms with Crippen molar-refractivity contribution in [3.05, 3.63) is 46.2 Å². The van der Waals surface area contributed by atoms with Crippen molar-refractivity contribution in [2.24, 2.45) is 0 Å². The van der Waals surface area contributed by atoms with E-state index in [0.29, 0.717) is 11.9 Å². The average molecular weight is 288 g/mol. The summed E-state index contributed by atoms with van der Waals surface area (Å²) in [5.74, 6) is -0.343. The molecule has 1 amide bonds. The number of hydrogen-bond donors (Lipinski definition) is 3. The van der Waals surface area contributed by atoms with Crippen molar-refractivity contribution in [3.8, 4) is 0 Å². The Kier molecular flexibility index (Phi) is 5.51. The molecule has 0 aliphatic heterocycles. The maximum Gasteiger partial charge on any atom is 0.256 e. The molecule has 0 unspecified atom stereocenters. The largest absolute Gasteiger partial charge is 0.396 e. The number of nitrogens with one attached hydrogen (secondary N) is 2. The van der Waals surface area contributed by atoms with Crippen molar-refractivity contribution >= 4 is 16.8 Å². The molecule has 0 saturated carbocycles. The first kappa shape index (κ1) is 15.3. The van der Waals surface area contributed by atoms with Gasteiger partial charge in [0.15, 0.2) is 0 Å². The number of fused-ring (bicyclic) bond motifs is 1. The molecule has 0 aliphatic rings. The molecular formula is C16H20N2O3. The van der Waals surface area contributed by atoms with Crippen LogP contribution in [0.2, 0.25) is 0 Å². The van der Waals surface area contributed by atoms with Gasteiger partial charge in [-0.25, -0.2) is 0 Å². The predicted octanol–water partition coefficient (Wildman–Crippen LogP) is 1.81. The van der Waals surface area contributed by atoms with E-state index in [1.165, 1.54) is 6.20 Å². The Morgan fingerprint density at radius 2 is 1.90 bits per heavy atom. The van der Waals surface area contributed by atoms with Crippen LogP contribution in [0.4, 0.5) is 0 Å². The van der Waals surface area contributed by atoms with Gasteiger partial charge in [-0.05, 0) is 25.0 Å². The molecule has 112 valence electrons.